The van der Waals surface area contributed by atoms with Crippen LogP contribution in [-0.2, 0) is 11.3 Å². The molecule has 3 aromatic carbocycles. The average Bonchev–Trinajstić information content (AvgIpc) is 3.14. The molecule has 0 amide bonds. The quantitative estimate of drug-likeness (QED) is 0.235. The van der Waals surface area contributed by atoms with Gasteiger partial charge in [0.25, 0.3) is 0 Å². The minimum Gasteiger partial charge on any atom is -0.465 e. The Hall–Kier alpha value is -3.59. The predicted molar refractivity (Wildman–Crippen MR) is 133 cm³/mol. The van der Waals surface area contributed by atoms with Gasteiger partial charge in [0.2, 0.25) is 0 Å². The number of hydrogen-bond donors (Lipinski definition) is 0. The summed E-state index contributed by atoms with van der Waals surface area (Å²) >= 11 is 0. The number of benzene rings is 3. The molecular formula is C29H29NO2. The summed E-state index contributed by atoms with van der Waals surface area (Å²) in [6, 6.07) is 24.7. The minimum absolute atomic E-state index is 0.297. The number of ether oxygens (including phenoxy) is 1. The van der Waals surface area contributed by atoms with E-state index < -0.39 is 0 Å². The number of aromatic nitrogens is 1. The summed E-state index contributed by atoms with van der Waals surface area (Å²) in [7, 11) is 1.44. The van der Waals surface area contributed by atoms with E-state index in [1.807, 2.05) is 30.3 Å². The first kappa shape index (κ1) is 21.6. The van der Waals surface area contributed by atoms with Crippen LogP contribution in [-0.4, -0.2) is 17.6 Å². The van der Waals surface area contributed by atoms with Crippen LogP contribution < -0.4 is 0 Å². The first-order valence-corrected chi connectivity index (χ1v) is 11.1. The summed E-state index contributed by atoms with van der Waals surface area (Å²) < 4.78 is 7.42. The molecule has 0 spiro atoms. The molecule has 3 heteroatoms. The van der Waals surface area contributed by atoms with Gasteiger partial charge in [0.15, 0.2) is 0 Å². The van der Waals surface area contributed by atoms with Crippen LogP contribution in [0.2, 0.25) is 0 Å². The zero-order valence-corrected chi connectivity index (χ0v) is 19.0. The van der Waals surface area contributed by atoms with Crippen LogP contribution in [0.25, 0.3) is 22.6 Å². The van der Waals surface area contributed by atoms with Crippen molar-refractivity contribution in [2.24, 2.45) is 0 Å². The van der Waals surface area contributed by atoms with Gasteiger partial charge in [0, 0.05) is 23.6 Å². The smallest absolute Gasteiger partial charge is 0.338 e. The molecule has 0 fully saturated rings. The Bertz CT molecular complexity index is 1270. The van der Waals surface area contributed by atoms with Crippen molar-refractivity contribution in [3.8, 4) is 0 Å². The zero-order valence-electron chi connectivity index (χ0n) is 19.0. The monoisotopic (exact) mass is 423 g/mol. The van der Waals surface area contributed by atoms with Crippen LogP contribution in [0.5, 0.6) is 0 Å². The van der Waals surface area contributed by atoms with Crippen molar-refractivity contribution in [1.29, 1.82) is 0 Å². The van der Waals surface area contributed by atoms with Gasteiger partial charge < -0.3 is 9.30 Å². The number of esters is 1. The second-order valence-electron chi connectivity index (χ2n) is 8.20. The number of carbonyl (C=O) groups excluding carboxylic acids is 1. The summed E-state index contributed by atoms with van der Waals surface area (Å²) in [4.78, 5) is 12.5. The third-order valence-electron chi connectivity index (χ3n) is 5.97. The standard InChI is InChI=1S/C29H29NO2/c1-21-11-9-16-26(29(31)32-3)28(21)24(19-23-12-5-4-6-13-23)14-10-18-30-20-22(2)25-15-7-8-17-27(25)30/h4-9,11-13,15-17,19-20H,10,14,18H2,1-3H3/b24-19-. The van der Waals surface area contributed by atoms with E-state index in [9.17, 15) is 4.79 Å². The van der Waals surface area contributed by atoms with E-state index in [2.05, 4.69) is 73.2 Å². The lowest BCUT2D eigenvalue weighted by atomic mass is 9.90. The van der Waals surface area contributed by atoms with Gasteiger partial charge in [-0.25, -0.2) is 4.79 Å². The molecule has 0 bridgehead atoms. The molecule has 0 saturated heterocycles. The molecular weight excluding hydrogens is 394 g/mol. The molecule has 32 heavy (non-hydrogen) atoms. The number of fused-ring (bicyclic) bond motifs is 1. The maximum absolute atomic E-state index is 12.5. The van der Waals surface area contributed by atoms with Crippen molar-refractivity contribution in [3.63, 3.8) is 0 Å². The van der Waals surface area contributed by atoms with E-state index in [1.54, 1.807) is 0 Å². The lowest BCUT2D eigenvalue weighted by Gasteiger charge is -2.16. The summed E-state index contributed by atoms with van der Waals surface area (Å²) in [5, 5.41) is 1.31. The van der Waals surface area contributed by atoms with Gasteiger partial charge in [-0.3, -0.25) is 0 Å². The van der Waals surface area contributed by atoms with E-state index >= 15 is 0 Å². The topological polar surface area (TPSA) is 31.2 Å². The van der Waals surface area contributed by atoms with Crippen molar-refractivity contribution in [1.82, 2.24) is 4.57 Å². The van der Waals surface area contributed by atoms with Gasteiger partial charge in [0.1, 0.15) is 0 Å². The van der Waals surface area contributed by atoms with E-state index in [-0.39, 0.29) is 5.97 Å². The molecule has 0 aliphatic heterocycles. The van der Waals surface area contributed by atoms with Crippen LogP contribution in [0.15, 0.2) is 79.0 Å². The molecule has 0 saturated carbocycles. The fraction of sp³-hybridized carbons (Fsp3) is 0.207. The van der Waals surface area contributed by atoms with Crippen LogP contribution in [0.3, 0.4) is 0 Å². The first-order valence-electron chi connectivity index (χ1n) is 11.1. The Morgan fingerprint density at radius 2 is 1.66 bits per heavy atom. The highest BCUT2D eigenvalue weighted by Crippen LogP contribution is 2.30. The van der Waals surface area contributed by atoms with Crippen molar-refractivity contribution < 1.29 is 9.53 Å². The minimum atomic E-state index is -0.297. The lowest BCUT2D eigenvalue weighted by molar-refractivity contribution is 0.0600. The van der Waals surface area contributed by atoms with Gasteiger partial charge >= 0.3 is 5.97 Å². The molecule has 0 atom stereocenters. The largest absolute Gasteiger partial charge is 0.465 e. The fourth-order valence-electron chi connectivity index (χ4n) is 4.45. The Morgan fingerprint density at radius 1 is 0.906 bits per heavy atom. The molecule has 0 unspecified atom stereocenters. The van der Waals surface area contributed by atoms with Crippen molar-refractivity contribution in [3.05, 3.63) is 107 Å². The third-order valence-corrected chi connectivity index (χ3v) is 5.97. The van der Waals surface area contributed by atoms with Crippen molar-refractivity contribution in [2.75, 3.05) is 7.11 Å². The SMILES string of the molecule is COC(=O)c1cccc(C)c1/C(=C\c1ccccc1)CCCn1cc(C)c2ccccc21. The lowest BCUT2D eigenvalue weighted by Crippen LogP contribution is -2.07. The highest BCUT2D eigenvalue weighted by molar-refractivity contribution is 5.98. The van der Waals surface area contributed by atoms with Crippen LogP contribution in [0.4, 0.5) is 0 Å². The van der Waals surface area contributed by atoms with Crippen LogP contribution >= 0.6 is 0 Å². The fourth-order valence-corrected chi connectivity index (χ4v) is 4.45. The molecule has 1 aromatic heterocycles. The molecule has 3 nitrogen and oxygen atoms in total. The summed E-state index contributed by atoms with van der Waals surface area (Å²) in [5.41, 5.74) is 7.54. The summed E-state index contributed by atoms with van der Waals surface area (Å²) in [6.07, 6.45) is 6.26. The maximum Gasteiger partial charge on any atom is 0.338 e. The molecule has 1 heterocycles. The zero-order chi connectivity index (χ0) is 22.5. The van der Waals surface area contributed by atoms with Gasteiger partial charge in [-0.2, -0.15) is 0 Å². The van der Waals surface area contributed by atoms with E-state index in [0.717, 1.165) is 41.6 Å². The molecule has 0 aliphatic carbocycles. The van der Waals surface area contributed by atoms with E-state index in [4.69, 9.17) is 4.74 Å². The average molecular weight is 424 g/mol. The third kappa shape index (κ3) is 4.52. The number of carbonyl (C=O) groups is 1. The van der Waals surface area contributed by atoms with Crippen LogP contribution in [0.1, 0.15) is 45.5 Å². The predicted octanol–water partition coefficient (Wildman–Crippen LogP) is 7.07. The van der Waals surface area contributed by atoms with Gasteiger partial charge in [0.05, 0.1) is 12.7 Å². The number of nitrogens with zero attached hydrogens (tertiary/aromatic N) is 1. The Morgan fingerprint density at radius 3 is 2.44 bits per heavy atom. The van der Waals surface area contributed by atoms with Gasteiger partial charge in [-0.1, -0.05) is 66.7 Å². The van der Waals surface area contributed by atoms with E-state index in [0.29, 0.717) is 5.56 Å². The Labute approximate surface area is 190 Å². The molecule has 0 N–H and O–H groups in total. The van der Waals surface area contributed by atoms with E-state index in [1.165, 1.54) is 23.6 Å². The molecule has 4 aromatic rings. The van der Waals surface area contributed by atoms with Gasteiger partial charge in [-0.15, -0.1) is 0 Å². The Kier molecular flexibility index (Phi) is 6.55. The molecule has 0 radical (unpaired) electrons. The maximum atomic E-state index is 12.5. The molecule has 162 valence electrons. The van der Waals surface area contributed by atoms with Gasteiger partial charge in [-0.05, 0) is 66.6 Å². The van der Waals surface area contributed by atoms with Crippen LogP contribution in [0, 0.1) is 13.8 Å². The number of para-hydroxylation sites is 1. The summed E-state index contributed by atoms with van der Waals surface area (Å²) in [6.45, 7) is 5.14. The Balaban J connectivity index is 1.67. The summed E-state index contributed by atoms with van der Waals surface area (Å²) in [5.74, 6) is -0.297. The normalized spacial score (nSPS) is 11.7. The number of aryl methyl sites for hydroxylation is 3. The second kappa shape index (κ2) is 9.69. The number of methoxy groups -OCH3 is 1. The highest BCUT2D eigenvalue weighted by Gasteiger charge is 2.17. The molecule has 4 rings (SSSR count). The van der Waals surface area contributed by atoms with Crippen molar-refractivity contribution >= 4 is 28.5 Å². The first-order chi connectivity index (χ1) is 15.6. The number of allylic oxidation sites excluding steroid dienone is 1. The number of hydrogen-bond acceptors (Lipinski definition) is 2. The molecule has 0 aliphatic rings. The highest BCUT2D eigenvalue weighted by atomic mass is 16.5. The number of rotatable bonds is 7. The van der Waals surface area contributed by atoms with Crippen molar-refractivity contribution in [2.45, 2.75) is 33.2 Å². The second-order valence-corrected chi connectivity index (χ2v) is 8.20.